The number of aromatic nitrogens is 2. The molecule has 1 aliphatic rings. The van der Waals surface area contributed by atoms with Gasteiger partial charge in [-0.3, -0.25) is 0 Å². The maximum Gasteiger partial charge on any atom is 0.122 e. The van der Waals surface area contributed by atoms with Gasteiger partial charge in [-0.15, -0.1) is 11.3 Å². The van der Waals surface area contributed by atoms with E-state index in [2.05, 4.69) is 38.6 Å². The van der Waals surface area contributed by atoms with E-state index in [0.717, 1.165) is 25.0 Å². The van der Waals surface area contributed by atoms with Crippen molar-refractivity contribution in [3.8, 4) is 0 Å². The van der Waals surface area contributed by atoms with Gasteiger partial charge in [-0.25, -0.2) is 4.98 Å². The highest BCUT2D eigenvalue weighted by Crippen LogP contribution is 2.19. The minimum atomic E-state index is 0.742. The summed E-state index contributed by atoms with van der Waals surface area (Å²) in [7, 11) is 0. The van der Waals surface area contributed by atoms with Crippen LogP contribution in [0, 0.1) is 0 Å². The highest BCUT2D eigenvalue weighted by atomic mass is 32.1. The SMILES string of the molecule is c1csc(Cn2ccnc2CNC2CC2)c1. The summed E-state index contributed by atoms with van der Waals surface area (Å²) in [5.41, 5.74) is 0. The van der Waals surface area contributed by atoms with Crippen molar-refractivity contribution in [2.75, 3.05) is 0 Å². The van der Waals surface area contributed by atoms with E-state index in [1.807, 2.05) is 6.20 Å². The van der Waals surface area contributed by atoms with Crippen LogP contribution in [0.1, 0.15) is 23.5 Å². The predicted molar refractivity (Wildman–Crippen MR) is 65.5 cm³/mol. The lowest BCUT2D eigenvalue weighted by molar-refractivity contribution is 0.620. The highest BCUT2D eigenvalue weighted by molar-refractivity contribution is 7.09. The molecule has 0 unspecified atom stereocenters. The van der Waals surface area contributed by atoms with E-state index in [0.29, 0.717) is 0 Å². The molecule has 3 rings (SSSR count). The Hall–Kier alpha value is -1.13. The van der Waals surface area contributed by atoms with E-state index < -0.39 is 0 Å². The molecule has 2 aromatic heterocycles. The van der Waals surface area contributed by atoms with Crippen LogP contribution < -0.4 is 5.32 Å². The van der Waals surface area contributed by atoms with Crippen molar-refractivity contribution in [2.45, 2.75) is 32.0 Å². The van der Waals surface area contributed by atoms with Gasteiger partial charge in [0.15, 0.2) is 0 Å². The Morgan fingerprint density at radius 3 is 3.19 bits per heavy atom. The van der Waals surface area contributed by atoms with Gasteiger partial charge in [-0.2, -0.15) is 0 Å². The molecule has 0 atom stereocenters. The second-order valence-electron chi connectivity index (χ2n) is 4.21. The Labute approximate surface area is 99.1 Å². The smallest absolute Gasteiger partial charge is 0.122 e. The zero-order valence-electron chi connectivity index (χ0n) is 9.10. The topological polar surface area (TPSA) is 29.9 Å². The molecule has 0 aliphatic heterocycles. The molecule has 0 aromatic carbocycles. The van der Waals surface area contributed by atoms with E-state index in [4.69, 9.17) is 0 Å². The molecular weight excluding hydrogens is 218 g/mol. The molecule has 1 saturated carbocycles. The number of hydrogen-bond acceptors (Lipinski definition) is 3. The van der Waals surface area contributed by atoms with Gasteiger partial charge < -0.3 is 9.88 Å². The molecule has 1 aliphatic carbocycles. The molecule has 0 radical (unpaired) electrons. The molecule has 2 aromatic rings. The van der Waals surface area contributed by atoms with Crippen molar-refractivity contribution >= 4 is 11.3 Å². The average Bonchev–Trinajstić information content (AvgIpc) is 2.79. The lowest BCUT2D eigenvalue weighted by Gasteiger charge is -2.07. The van der Waals surface area contributed by atoms with Crippen molar-refractivity contribution in [3.63, 3.8) is 0 Å². The van der Waals surface area contributed by atoms with Crippen LogP contribution in [0.3, 0.4) is 0 Å². The third-order valence-corrected chi connectivity index (χ3v) is 3.70. The first-order valence-electron chi connectivity index (χ1n) is 5.67. The van der Waals surface area contributed by atoms with Crippen LogP contribution in [0.25, 0.3) is 0 Å². The Kier molecular flexibility index (Phi) is 2.76. The summed E-state index contributed by atoms with van der Waals surface area (Å²) in [6, 6.07) is 5.01. The second-order valence-corrected chi connectivity index (χ2v) is 5.24. The number of thiophene rings is 1. The summed E-state index contributed by atoms with van der Waals surface area (Å²) in [5.74, 6) is 1.14. The zero-order valence-corrected chi connectivity index (χ0v) is 9.91. The van der Waals surface area contributed by atoms with Crippen molar-refractivity contribution < 1.29 is 0 Å². The molecule has 2 heterocycles. The average molecular weight is 233 g/mol. The van der Waals surface area contributed by atoms with E-state index in [-0.39, 0.29) is 0 Å². The van der Waals surface area contributed by atoms with Crippen molar-refractivity contribution in [3.05, 3.63) is 40.6 Å². The predicted octanol–water partition coefficient (Wildman–Crippen LogP) is 2.24. The Bertz CT molecular complexity index is 443. The van der Waals surface area contributed by atoms with Gasteiger partial charge >= 0.3 is 0 Å². The first-order valence-corrected chi connectivity index (χ1v) is 6.55. The summed E-state index contributed by atoms with van der Waals surface area (Å²) in [6.45, 7) is 1.84. The lowest BCUT2D eigenvalue weighted by Crippen LogP contribution is -2.18. The fourth-order valence-electron chi connectivity index (χ4n) is 1.74. The van der Waals surface area contributed by atoms with Crippen LogP contribution in [-0.2, 0) is 13.1 Å². The quantitative estimate of drug-likeness (QED) is 0.858. The van der Waals surface area contributed by atoms with E-state index in [9.17, 15) is 0 Å². The monoisotopic (exact) mass is 233 g/mol. The molecule has 0 saturated heterocycles. The minimum absolute atomic E-state index is 0.742. The molecule has 3 nitrogen and oxygen atoms in total. The number of nitrogens with one attached hydrogen (secondary N) is 1. The van der Waals surface area contributed by atoms with Gasteiger partial charge in [0.1, 0.15) is 5.82 Å². The first-order chi connectivity index (χ1) is 7.92. The van der Waals surface area contributed by atoms with E-state index >= 15 is 0 Å². The van der Waals surface area contributed by atoms with Gasteiger partial charge in [0.05, 0.1) is 13.1 Å². The van der Waals surface area contributed by atoms with Gasteiger partial charge in [0.25, 0.3) is 0 Å². The molecular formula is C12H15N3S. The molecule has 84 valence electrons. The molecule has 0 amide bonds. The summed E-state index contributed by atoms with van der Waals surface area (Å²) in [5, 5.41) is 5.62. The minimum Gasteiger partial charge on any atom is -0.329 e. The van der Waals surface area contributed by atoms with Crippen LogP contribution in [-0.4, -0.2) is 15.6 Å². The third kappa shape index (κ3) is 2.33. The fraction of sp³-hybridized carbons (Fsp3) is 0.417. The Morgan fingerprint density at radius 2 is 2.44 bits per heavy atom. The number of imidazole rings is 1. The number of rotatable bonds is 5. The van der Waals surface area contributed by atoms with Crippen LogP contribution >= 0.6 is 11.3 Å². The molecule has 1 N–H and O–H groups in total. The highest BCUT2D eigenvalue weighted by Gasteiger charge is 2.20. The molecule has 16 heavy (non-hydrogen) atoms. The van der Waals surface area contributed by atoms with E-state index in [1.54, 1.807) is 11.3 Å². The van der Waals surface area contributed by atoms with Crippen molar-refractivity contribution in [1.82, 2.24) is 14.9 Å². The van der Waals surface area contributed by atoms with Crippen molar-refractivity contribution in [1.29, 1.82) is 0 Å². The maximum absolute atomic E-state index is 4.40. The van der Waals surface area contributed by atoms with Crippen LogP contribution in [0.15, 0.2) is 29.9 Å². The second kappa shape index (κ2) is 4.39. The van der Waals surface area contributed by atoms with Crippen LogP contribution in [0.5, 0.6) is 0 Å². The van der Waals surface area contributed by atoms with Crippen LogP contribution in [0.2, 0.25) is 0 Å². The standard InChI is InChI=1S/C12H15N3S/c1-2-11(16-7-1)9-15-6-5-13-12(15)8-14-10-3-4-10/h1-2,5-7,10,14H,3-4,8-9H2. The normalized spacial score (nSPS) is 15.5. The van der Waals surface area contributed by atoms with Gasteiger partial charge in [0.2, 0.25) is 0 Å². The Morgan fingerprint density at radius 1 is 1.50 bits per heavy atom. The van der Waals surface area contributed by atoms with Crippen LogP contribution in [0.4, 0.5) is 0 Å². The lowest BCUT2D eigenvalue weighted by atomic mass is 10.4. The summed E-state index contributed by atoms with van der Waals surface area (Å²) in [6.07, 6.45) is 6.60. The maximum atomic E-state index is 4.40. The molecule has 4 heteroatoms. The molecule has 0 bridgehead atoms. The summed E-state index contributed by atoms with van der Waals surface area (Å²) in [4.78, 5) is 5.78. The Balaban J connectivity index is 1.66. The number of nitrogens with zero attached hydrogens (tertiary/aromatic N) is 2. The van der Waals surface area contributed by atoms with Gasteiger partial charge in [0, 0.05) is 23.3 Å². The van der Waals surface area contributed by atoms with E-state index in [1.165, 1.54) is 17.7 Å². The molecule has 1 fully saturated rings. The summed E-state index contributed by atoms with van der Waals surface area (Å²) < 4.78 is 2.22. The molecule has 0 spiro atoms. The fourth-order valence-corrected chi connectivity index (χ4v) is 2.45. The number of hydrogen-bond donors (Lipinski definition) is 1. The zero-order chi connectivity index (χ0) is 10.8. The third-order valence-electron chi connectivity index (χ3n) is 2.83. The largest absolute Gasteiger partial charge is 0.329 e. The van der Waals surface area contributed by atoms with Gasteiger partial charge in [-0.1, -0.05) is 6.07 Å². The summed E-state index contributed by atoms with van der Waals surface area (Å²) >= 11 is 1.80. The first kappa shape index (κ1) is 10.1. The van der Waals surface area contributed by atoms with Crippen molar-refractivity contribution in [2.24, 2.45) is 0 Å². The van der Waals surface area contributed by atoms with Gasteiger partial charge in [-0.05, 0) is 24.3 Å².